The van der Waals surface area contributed by atoms with Gasteiger partial charge in [-0.2, -0.15) is 5.10 Å². The van der Waals surface area contributed by atoms with Crippen LogP contribution in [0.3, 0.4) is 0 Å². The van der Waals surface area contributed by atoms with Crippen LogP contribution in [0.1, 0.15) is 18.9 Å². The Kier molecular flexibility index (Phi) is 5.58. The van der Waals surface area contributed by atoms with Crippen LogP contribution in [0.15, 0.2) is 29.4 Å². The van der Waals surface area contributed by atoms with E-state index in [9.17, 15) is 4.79 Å². The molecule has 1 heterocycles. The summed E-state index contributed by atoms with van der Waals surface area (Å²) in [4.78, 5) is 13.9. The fraction of sp³-hybridized carbons (Fsp3) is 0.467. The summed E-state index contributed by atoms with van der Waals surface area (Å²) >= 11 is 3.71. The summed E-state index contributed by atoms with van der Waals surface area (Å²) in [6, 6.07) is 8.01. The molecule has 1 aliphatic heterocycles. The Hall–Kier alpha value is -1.14. The van der Waals surface area contributed by atoms with Crippen LogP contribution in [-0.2, 0) is 4.79 Å². The molecule has 21 heavy (non-hydrogen) atoms. The first-order chi connectivity index (χ1) is 9.98. The number of rotatable bonds is 5. The molecule has 2 rings (SSSR count). The second-order valence-electron chi connectivity index (χ2n) is 5.29. The van der Waals surface area contributed by atoms with Gasteiger partial charge in [0.15, 0.2) is 0 Å². The first-order valence-electron chi connectivity index (χ1n) is 6.86. The lowest BCUT2D eigenvalue weighted by Crippen LogP contribution is -2.26. The van der Waals surface area contributed by atoms with Gasteiger partial charge >= 0.3 is 0 Å². The van der Waals surface area contributed by atoms with Crippen molar-refractivity contribution in [2.24, 2.45) is 5.10 Å². The van der Waals surface area contributed by atoms with E-state index < -0.39 is 0 Å². The van der Waals surface area contributed by atoms with Gasteiger partial charge in [0.05, 0.1) is 16.7 Å². The highest BCUT2D eigenvalue weighted by atomic mass is 32.2. The van der Waals surface area contributed by atoms with E-state index in [0.29, 0.717) is 6.42 Å². The maximum absolute atomic E-state index is 11.9. The molecule has 0 atom stereocenters. The largest absolute Gasteiger partial charge is 0.378 e. The van der Waals surface area contributed by atoms with Gasteiger partial charge in [-0.15, -0.1) is 23.5 Å². The number of nitrogens with zero attached hydrogens (tertiary/aromatic N) is 2. The van der Waals surface area contributed by atoms with E-state index in [1.807, 2.05) is 66.8 Å². The van der Waals surface area contributed by atoms with Gasteiger partial charge in [-0.25, -0.2) is 5.43 Å². The maximum Gasteiger partial charge on any atom is 0.242 e. The molecule has 1 N–H and O–H groups in total. The van der Waals surface area contributed by atoms with Crippen molar-refractivity contribution < 1.29 is 4.79 Å². The van der Waals surface area contributed by atoms with E-state index in [2.05, 4.69) is 17.5 Å². The number of hydrogen-bond acceptors (Lipinski definition) is 5. The average molecular weight is 323 g/mol. The van der Waals surface area contributed by atoms with E-state index in [1.54, 1.807) is 6.21 Å². The first kappa shape index (κ1) is 16.2. The van der Waals surface area contributed by atoms with E-state index in [-0.39, 0.29) is 9.99 Å². The molecule has 0 radical (unpaired) electrons. The molecule has 1 aromatic rings. The van der Waals surface area contributed by atoms with Gasteiger partial charge in [0.2, 0.25) is 5.91 Å². The molecule has 0 saturated carbocycles. The van der Waals surface area contributed by atoms with Gasteiger partial charge in [0.25, 0.3) is 0 Å². The Morgan fingerprint density at radius 3 is 2.52 bits per heavy atom. The summed E-state index contributed by atoms with van der Waals surface area (Å²) in [5, 5.41) is 4.03. The Bertz CT molecular complexity index is 508. The van der Waals surface area contributed by atoms with Crippen molar-refractivity contribution in [2.45, 2.75) is 17.4 Å². The molecule has 0 aromatic heterocycles. The van der Waals surface area contributed by atoms with Crippen LogP contribution in [0.2, 0.25) is 0 Å². The third kappa shape index (κ3) is 4.97. The molecule has 1 aromatic carbocycles. The van der Waals surface area contributed by atoms with E-state index in [0.717, 1.165) is 22.8 Å². The smallest absolute Gasteiger partial charge is 0.242 e. The van der Waals surface area contributed by atoms with E-state index in [4.69, 9.17) is 0 Å². The molecule has 0 bridgehead atoms. The minimum Gasteiger partial charge on any atom is -0.378 e. The zero-order valence-electron chi connectivity index (χ0n) is 12.6. The summed E-state index contributed by atoms with van der Waals surface area (Å²) in [5.41, 5.74) is 4.72. The number of carbonyl (C=O) groups is 1. The number of hydrazone groups is 1. The zero-order chi connectivity index (χ0) is 15.3. The Balaban J connectivity index is 1.82. The molecular formula is C15H21N3OS2. The molecule has 1 saturated heterocycles. The number of benzene rings is 1. The van der Waals surface area contributed by atoms with Crippen molar-refractivity contribution in [3.8, 4) is 0 Å². The molecular weight excluding hydrogens is 302 g/mol. The van der Waals surface area contributed by atoms with Crippen molar-refractivity contribution in [3.05, 3.63) is 29.8 Å². The molecule has 0 unspecified atom stereocenters. The van der Waals surface area contributed by atoms with Crippen LogP contribution in [0, 0.1) is 0 Å². The zero-order valence-corrected chi connectivity index (χ0v) is 14.3. The Morgan fingerprint density at radius 2 is 1.95 bits per heavy atom. The number of carbonyl (C=O) groups excluding carboxylic acids is 1. The SMILES string of the molecule is CN(C)c1ccc(/C=N/NC(=O)CC2(C)SCCS2)cc1. The van der Waals surface area contributed by atoms with Crippen LogP contribution in [0.4, 0.5) is 5.69 Å². The fourth-order valence-corrected chi connectivity index (χ4v) is 4.86. The lowest BCUT2D eigenvalue weighted by Gasteiger charge is -2.19. The van der Waals surface area contributed by atoms with Crippen LogP contribution in [0.5, 0.6) is 0 Å². The topological polar surface area (TPSA) is 44.7 Å². The average Bonchev–Trinajstić information content (AvgIpc) is 2.85. The van der Waals surface area contributed by atoms with Gasteiger partial charge in [-0.1, -0.05) is 12.1 Å². The minimum atomic E-state index is -0.0273. The molecule has 0 aliphatic carbocycles. The summed E-state index contributed by atoms with van der Waals surface area (Å²) in [5.74, 6) is 2.21. The molecule has 0 spiro atoms. The standard InChI is InChI=1S/C15H21N3OS2/c1-15(20-8-9-21-15)10-14(19)17-16-11-12-4-6-13(7-5-12)18(2)3/h4-7,11H,8-10H2,1-3H3,(H,17,19)/b16-11+. The van der Waals surface area contributed by atoms with Crippen molar-refractivity contribution in [3.63, 3.8) is 0 Å². The predicted molar refractivity (Wildman–Crippen MR) is 94.4 cm³/mol. The van der Waals surface area contributed by atoms with Gasteiger partial charge in [-0.3, -0.25) is 4.79 Å². The molecule has 1 amide bonds. The van der Waals surface area contributed by atoms with E-state index >= 15 is 0 Å². The van der Waals surface area contributed by atoms with Gasteiger partial charge in [-0.05, 0) is 24.6 Å². The monoisotopic (exact) mass is 323 g/mol. The maximum atomic E-state index is 11.9. The van der Waals surface area contributed by atoms with Gasteiger partial charge in [0.1, 0.15) is 0 Å². The first-order valence-corrected chi connectivity index (χ1v) is 8.83. The van der Waals surface area contributed by atoms with Gasteiger partial charge in [0, 0.05) is 31.3 Å². The number of hydrogen-bond donors (Lipinski definition) is 1. The Labute approximate surface area is 134 Å². The molecule has 114 valence electrons. The molecule has 1 aliphatic rings. The summed E-state index contributed by atoms with van der Waals surface area (Å²) < 4.78 is 0.00691. The summed E-state index contributed by atoms with van der Waals surface area (Å²) in [6.07, 6.45) is 2.17. The van der Waals surface area contributed by atoms with Crippen LogP contribution >= 0.6 is 23.5 Å². The number of thioether (sulfide) groups is 2. The second-order valence-corrected chi connectivity index (χ2v) is 8.74. The van der Waals surface area contributed by atoms with Crippen molar-refractivity contribution in [1.29, 1.82) is 0 Å². The fourth-order valence-electron chi connectivity index (χ4n) is 2.03. The third-order valence-electron chi connectivity index (χ3n) is 3.19. The van der Waals surface area contributed by atoms with Crippen LogP contribution in [0.25, 0.3) is 0 Å². The minimum absolute atomic E-state index is 0.00691. The van der Waals surface area contributed by atoms with Crippen LogP contribution < -0.4 is 10.3 Å². The third-order valence-corrected chi connectivity index (χ3v) is 6.48. The van der Waals surface area contributed by atoms with Gasteiger partial charge < -0.3 is 4.90 Å². The van der Waals surface area contributed by atoms with Crippen molar-refractivity contribution in [1.82, 2.24) is 5.43 Å². The van der Waals surface area contributed by atoms with Crippen LogP contribution in [-0.4, -0.2) is 41.8 Å². The molecule has 1 fully saturated rings. The normalized spacial score (nSPS) is 17.1. The second kappa shape index (κ2) is 7.22. The number of nitrogens with one attached hydrogen (secondary N) is 1. The lowest BCUT2D eigenvalue weighted by molar-refractivity contribution is -0.121. The lowest BCUT2D eigenvalue weighted by atomic mass is 10.2. The van der Waals surface area contributed by atoms with E-state index in [1.165, 1.54) is 0 Å². The molecule has 4 nitrogen and oxygen atoms in total. The van der Waals surface area contributed by atoms with Crippen molar-refractivity contribution >= 4 is 41.3 Å². The van der Waals surface area contributed by atoms with Crippen molar-refractivity contribution in [2.75, 3.05) is 30.5 Å². The molecule has 6 heteroatoms. The highest BCUT2D eigenvalue weighted by Crippen LogP contribution is 2.45. The number of anilines is 1. The summed E-state index contributed by atoms with van der Waals surface area (Å²) in [7, 11) is 4.01. The number of amides is 1. The Morgan fingerprint density at radius 1 is 1.33 bits per heavy atom. The quantitative estimate of drug-likeness (QED) is 0.668. The highest BCUT2D eigenvalue weighted by molar-refractivity contribution is 8.21. The highest BCUT2D eigenvalue weighted by Gasteiger charge is 2.32. The summed E-state index contributed by atoms with van der Waals surface area (Å²) in [6.45, 7) is 2.12. The predicted octanol–water partition coefficient (Wildman–Crippen LogP) is 2.79.